The number of aryl methyl sites for hydroxylation is 1. The van der Waals surface area contributed by atoms with Crippen molar-refractivity contribution in [3.05, 3.63) is 65.0 Å². The topological polar surface area (TPSA) is 83.5 Å². The molecule has 2 rings (SSSR count). The quantitative estimate of drug-likeness (QED) is 0.340. The number of aromatic nitrogens is 1. The van der Waals surface area contributed by atoms with Crippen LogP contribution in [0.2, 0.25) is 0 Å². The first-order chi connectivity index (χ1) is 10.1. The van der Waals surface area contributed by atoms with Crippen LogP contribution in [0.3, 0.4) is 0 Å². The fourth-order valence-corrected chi connectivity index (χ4v) is 2.12. The van der Waals surface area contributed by atoms with Crippen LogP contribution < -0.4 is 11.1 Å². The van der Waals surface area contributed by atoms with Gasteiger partial charge in [-0.05, 0) is 42.7 Å². The first-order valence-corrected chi connectivity index (χ1v) is 6.82. The predicted molar refractivity (Wildman–Crippen MR) is 83.2 cm³/mol. The van der Waals surface area contributed by atoms with Crippen molar-refractivity contribution in [2.75, 3.05) is 0 Å². The summed E-state index contributed by atoms with van der Waals surface area (Å²) in [6, 6.07) is 9.98. The number of pyridine rings is 1. The maximum Gasteiger partial charge on any atom is 0.170 e. The number of hydrogen-bond donors (Lipinski definition) is 3. The van der Waals surface area contributed by atoms with Crippen molar-refractivity contribution < 1.29 is 5.21 Å². The third kappa shape index (κ3) is 3.79. The lowest BCUT2D eigenvalue weighted by molar-refractivity contribution is 0.318. The highest BCUT2D eigenvalue weighted by Crippen LogP contribution is 2.14. The van der Waals surface area contributed by atoms with Gasteiger partial charge >= 0.3 is 0 Å². The van der Waals surface area contributed by atoms with Gasteiger partial charge in [-0.2, -0.15) is 0 Å². The lowest BCUT2D eigenvalue weighted by Gasteiger charge is -2.15. The molecule has 0 aliphatic rings. The molecule has 0 radical (unpaired) electrons. The van der Waals surface area contributed by atoms with Crippen LogP contribution in [0.4, 0.5) is 0 Å². The van der Waals surface area contributed by atoms with Gasteiger partial charge in [-0.15, -0.1) is 0 Å². The van der Waals surface area contributed by atoms with Gasteiger partial charge in [-0.3, -0.25) is 4.98 Å². The number of benzene rings is 1. The summed E-state index contributed by atoms with van der Waals surface area (Å²) in [5, 5.41) is 15.2. The zero-order chi connectivity index (χ0) is 15.2. The second-order valence-corrected chi connectivity index (χ2v) is 5.02. The van der Waals surface area contributed by atoms with Crippen LogP contribution in [0.15, 0.2) is 47.9 Å². The van der Waals surface area contributed by atoms with E-state index in [4.69, 9.17) is 10.9 Å². The Kier molecular flexibility index (Phi) is 4.90. The Hall–Kier alpha value is -2.40. The summed E-state index contributed by atoms with van der Waals surface area (Å²) in [7, 11) is 0. The number of nitrogens with one attached hydrogen (secondary N) is 1. The Labute approximate surface area is 124 Å². The molecule has 1 atom stereocenters. The summed E-state index contributed by atoms with van der Waals surface area (Å²) in [4.78, 5) is 4.13. The van der Waals surface area contributed by atoms with Gasteiger partial charge in [-0.1, -0.05) is 23.4 Å². The van der Waals surface area contributed by atoms with Crippen LogP contribution >= 0.6 is 0 Å². The molecule has 0 aliphatic heterocycles. The summed E-state index contributed by atoms with van der Waals surface area (Å²) in [6.45, 7) is 4.87. The molecular formula is C16H20N4O. The highest BCUT2D eigenvalue weighted by molar-refractivity contribution is 5.97. The molecule has 4 N–H and O–H groups in total. The summed E-state index contributed by atoms with van der Waals surface area (Å²) < 4.78 is 0. The maximum atomic E-state index is 8.70. The molecular weight excluding hydrogens is 264 g/mol. The Balaban J connectivity index is 2.04. The summed E-state index contributed by atoms with van der Waals surface area (Å²) in [6.07, 6.45) is 3.64. The van der Waals surface area contributed by atoms with E-state index in [2.05, 4.69) is 28.4 Å². The van der Waals surface area contributed by atoms with E-state index in [0.717, 1.165) is 23.2 Å². The average molecular weight is 284 g/mol. The van der Waals surface area contributed by atoms with E-state index >= 15 is 0 Å². The fraction of sp³-hybridized carbons (Fsp3) is 0.250. The summed E-state index contributed by atoms with van der Waals surface area (Å²) >= 11 is 0. The highest BCUT2D eigenvalue weighted by Gasteiger charge is 2.07. The molecule has 1 aromatic carbocycles. The van der Waals surface area contributed by atoms with Crippen LogP contribution in [-0.2, 0) is 6.54 Å². The van der Waals surface area contributed by atoms with Crippen LogP contribution in [0.25, 0.3) is 0 Å². The van der Waals surface area contributed by atoms with Gasteiger partial charge in [0.15, 0.2) is 5.84 Å². The summed E-state index contributed by atoms with van der Waals surface area (Å²) in [5.41, 5.74) is 9.75. The fourth-order valence-electron chi connectivity index (χ4n) is 2.12. The average Bonchev–Trinajstić information content (AvgIpc) is 2.53. The molecule has 21 heavy (non-hydrogen) atoms. The minimum Gasteiger partial charge on any atom is -0.409 e. The van der Waals surface area contributed by atoms with Crippen molar-refractivity contribution in [1.29, 1.82) is 0 Å². The lowest BCUT2D eigenvalue weighted by Crippen LogP contribution is -2.19. The number of oxime groups is 1. The van der Waals surface area contributed by atoms with E-state index in [1.807, 2.05) is 37.4 Å². The minimum atomic E-state index is 0.126. The SMILES string of the molecule is Cc1cc(/C(N)=N/O)ccc1CN[C@H](C)c1cccnc1. The van der Waals surface area contributed by atoms with E-state index in [1.54, 1.807) is 6.20 Å². The minimum absolute atomic E-state index is 0.126. The Morgan fingerprint density at radius 2 is 2.24 bits per heavy atom. The Morgan fingerprint density at radius 1 is 1.43 bits per heavy atom. The molecule has 1 heterocycles. The normalized spacial score (nSPS) is 13.1. The molecule has 2 aromatic rings. The van der Waals surface area contributed by atoms with Gasteiger partial charge in [0.1, 0.15) is 0 Å². The van der Waals surface area contributed by atoms with Gasteiger partial charge in [0, 0.05) is 30.5 Å². The smallest absolute Gasteiger partial charge is 0.170 e. The maximum absolute atomic E-state index is 8.70. The number of hydrogen-bond acceptors (Lipinski definition) is 4. The van der Waals surface area contributed by atoms with Crippen molar-refractivity contribution in [2.24, 2.45) is 10.9 Å². The number of rotatable bonds is 5. The molecule has 1 aromatic heterocycles. The molecule has 0 bridgehead atoms. The molecule has 0 spiro atoms. The van der Waals surface area contributed by atoms with Crippen LogP contribution in [0, 0.1) is 6.92 Å². The van der Waals surface area contributed by atoms with Gasteiger partial charge in [-0.25, -0.2) is 0 Å². The van der Waals surface area contributed by atoms with Crippen molar-refractivity contribution in [2.45, 2.75) is 26.4 Å². The van der Waals surface area contributed by atoms with E-state index in [1.165, 1.54) is 5.56 Å². The third-order valence-electron chi connectivity index (χ3n) is 3.53. The Bertz CT molecular complexity index is 625. The monoisotopic (exact) mass is 284 g/mol. The predicted octanol–water partition coefficient (Wildman–Crippen LogP) is 2.34. The second kappa shape index (κ2) is 6.85. The molecule has 0 aliphatic carbocycles. The Morgan fingerprint density at radius 3 is 2.86 bits per heavy atom. The zero-order valence-electron chi connectivity index (χ0n) is 12.2. The number of nitrogens with two attached hydrogens (primary N) is 1. The van der Waals surface area contributed by atoms with E-state index in [-0.39, 0.29) is 11.9 Å². The molecule has 5 heteroatoms. The molecule has 0 fully saturated rings. The lowest BCUT2D eigenvalue weighted by atomic mass is 10.0. The van der Waals surface area contributed by atoms with Crippen molar-refractivity contribution >= 4 is 5.84 Å². The second-order valence-electron chi connectivity index (χ2n) is 5.02. The molecule has 0 amide bonds. The standard InChI is InChI=1S/C16H20N4O/c1-11-8-13(16(17)20-21)5-6-14(11)10-19-12(2)15-4-3-7-18-9-15/h3-9,12,19,21H,10H2,1-2H3,(H2,17,20)/t12-/m1/s1. The molecule has 0 saturated heterocycles. The molecule has 0 unspecified atom stereocenters. The number of amidine groups is 1. The van der Waals surface area contributed by atoms with Crippen LogP contribution in [-0.4, -0.2) is 16.0 Å². The van der Waals surface area contributed by atoms with Gasteiger partial charge in [0.25, 0.3) is 0 Å². The van der Waals surface area contributed by atoms with Crippen LogP contribution in [0.5, 0.6) is 0 Å². The van der Waals surface area contributed by atoms with Gasteiger partial charge < -0.3 is 16.3 Å². The third-order valence-corrected chi connectivity index (χ3v) is 3.53. The first kappa shape index (κ1) is 15.0. The molecule has 0 saturated carbocycles. The van der Waals surface area contributed by atoms with Gasteiger partial charge in [0.2, 0.25) is 0 Å². The van der Waals surface area contributed by atoms with Crippen molar-refractivity contribution in [3.63, 3.8) is 0 Å². The van der Waals surface area contributed by atoms with Crippen LogP contribution in [0.1, 0.15) is 35.2 Å². The van der Waals surface area contributed by atoms with Gasteiger partial charge in [0.05, 0.1) is 0 Å². The first-order valence-electron chi connectivity index (χ1n) is 6.82. The zero-order valence-corrected chi connectivity index (χ0v) is 12.2. The van der Waals surface area contributed by atoms with E-state index in [0.29, 0.717) is 0 Å². The largest absolute Gasteiger partial charge is 0.409 e. The molecule has 5 nitrogen and oxygen atoms in total. The highest BCUT2D eigenvalue weighted by atomic mass is 16.4. The summed E-state index contributed by atoms with van der Waals surface area (Å²) in [5.74, 6) is 0.126. The number of nitrogens with zero attached hydrogens (tertiary/aromatic N) is 2. The van der Waals surface area contributed by atoms with E-state index < -0.39 is 0 Å². The van der Waals surface area contributed by atoms with Crippen molar-refractivity contribution in [1.82, 2.24) is 10.3 Å². The van der Waals surface area contributed by atoms with Crippen molar-refractivity contribution in [3.8, 4) is 0 Å². The molecule has 110 valence electrons. The van der Waals surface area contributed by atoms with E-state index in [9.17, 15) is 0 Å².